The molecule has 202 valence electrons. The summed E-state index contributed by atoms with van der Waals surface area (Å²) >= 11 is 0. The summed E-state index contributed by atoms with van der Waals surface area (Å²) in [6.45, 7) is 6.36. The Hall–Kier alpha value is -3.30. The molecule has 9 heteroatoms. The Balaban J connectivity index is 1.41. The van der Waals surface area contributed by atoms with Crippen molar-refractivity contribution in [2.45, 2.75) is 77.3 Å². The van der Waals surface area contributed by atoms with E-state index in [9.17, 15) is 14.4 Å². The molecule has 0 saturated carbocycles. The molecule has 3 aliphatic heterocycles. The fourth-order valence-corrected chi connectivity index (χ4v) is 5.54. The molecular formula is C29H35FN4O4. The first kappa shape index (κ1) is 19.7. The Kier molecular flexibility index (Phi) is 5.08. The maximum atomic E-state index is 15.9. The van der Waals surface area contributed by atoms with Crippen LogP contribution < -0.4 is 10.6 Å². The summed E-state index contributed by atoms with van der Waals surface area (Å²) in [6.07, 6.45) is -6.16. The molecule has 0 aromatic heterocycles. The van der Waals surface area contributed by atoms with Gasteiger partial charge in [-0.25, -0.2) is 4.39 Å². The van der Waals surface area contributed by atoms with E-state index in [-0.39, 0.29) is 35.5 Å². The van der Waals surface area contributed by atoms with Crippen LogP contribution in [-0.2, 0) is 33.9 Å². The Bertz CT molecular complexity index is 1530. The molecule has 0 bridgehead atoms. The zero-order valence-electron chi connectivity index (χ0n) is 27.8. The smallest absolute Gasteiger partial charge is 0.255 e. The van der Waals surface area contributed by atoms with Crippen LogP contribution in [0.2, 0.25) is 0 Å². The van der Waals surface area contributed by atoms with Crippen LogP contribution in [0.1, 0.15) is 75.7 Å². The highest BCUT2D eigenvalue weighted by molar-refractivity contribution is 6.06. The lowest BCUT2D eigenvalue weighted by Gasteiger charge is -2.47. The summed E-state index contributed by atoms with van der Waals surface area (Å²) in [7, 11) is 0. The summed E-state index contributed by atoms with van der Waals surface area (Å²) in [5, 5.41) is 4.50. The minimum absolute atomic E-state index is 0.0404. The quantitative estimate of drug-likeness (QED) is 0.557. The highest BCUT2D eigenvalue weighted by Gasteiger charge is 2.40. The van der Waals surface area contributed by atoms with E-state index in [0.29, 0.717) is 18.7 Å². The first-order valence-corrected chi connectivity index (χ1v) is 12.4. The summed E-state index contributed by atoms with van der Waals surface area (Å²) in [5.74, 6) is -4.11. The maximum Gasteiger partial charge on any atom is 0.255 e. The first-order valence-electron chi connectivity index (χ1n) is 15.4. The van der Waals surface area contributed by atoms with Crippen molar-refractivity contribution in [1.29, 1.82) is 0 Å². The Labute approximate surface area is 230 Å². The van der Waals surface area contributed by atoms with Crippen molar-refractivity contribution in [2.75, 3.05) is 18.4 Å². The van der Waals surface area contributed by atoms with Crippen molar-refractivity contribution in [3.8, 4) is 0 Å². The molecule has 3 heterocycles. The minimum atomic E-state index is -3.10. The van der Waals surface area contributed by atoms with E-state index in [4.69, 9.17) is 13.0 Å². The summed E-state index contributed by atoms with van der Waals surface area (Å²) in [5.41, 5.74) is -0.496. The van der Waals surface area contributed by atoms with Crippen LogP contribution >= 0.6 is 0 Å². The molecule has 2 N–H and O–H groups in total. The Morgan fingerprint density at radius 1 is 1.11 bits per heavy atom. The molecule has 1 atom stereocenters. The van der Waals surface area contributed by atoms with Gasteiger partial charge in [0.1, 0.15) is 11.9 Å². The fourth-order valence-electron chi connectivity index (χ4n) is 5.54. The van der Waals surface area contributed by atoms with Gasteiger partial charge in [-0.05, 0) is 46.2 Å². The van der Waals surface area contributed by atoms with Gasteiger partial charge < -0.3 is 15.0 Å². The number of halogens is 1. The van der Waals surface area contributed by atoms with E-state index in [2.05, 4.69) is 10.2 Å². The minimum Gasteiger partial charge on any atom is -0.381 e. The zero-order chi connectivity index (χ0) is 32.6. The summed E-state index contributed by atoms with van der Waals surface area (Å²) < 4.78 is 72.1. The number of amides is 3. The number of anilines is 1. The number of rotatable bonds is 6. The summed E-state index contributed by atoms with van der Waals surface area (Å²) in [6, 6.07) is 6.90. The fraction of sp³-hybridized carbons (Fsp3) is 0.483. The molecule has 8 nitrogen and oxygen atoms in total. The number of carbonyl (C=O) groups excluding carboxylic acids is 3. The monoisotopic (exact) mass is 528 g/mol. The van der Waals surface area contributed by atoms with Gasteiger partial charge in [0.15, 0.2) is 0 Å². The van der Waals surface area contributed by atoms with E-state index < -0.39 is 60.0 Å². The van der Waals surface area contributed by atoms with Crippen molar-refractivity contribution >= 4 is 23.4 Å². The third-order valence-electron chi connectivity index (χ3n) is 6.68. The van der Waals surface area contributed by atoms with Crippen molar-refractivity contribution in [3.05, 3.63) is 64.5 Å². The SMILES string of the molecule is [2H]C([2H])(Nc1cccc2c1CN(C1C(=O)NC(=O)C([2H])([2H])C1([2H])[2H])C2=O)c1cccc(CN2CC(C)(C)OC(C)(C)C2)c1F. The van der Waals surface area contributed by atoms with E-state index >= 15 is 4.39 Å². The van der Waals surface area contributed by atoms with Crippen LogP contribution in [0.3, 0.4) is 0 Å². The van der Waals surface area contributed by atoms with Crippen molar-refractivity contribution < 1.29 is 31.7 Å². The molecule has 3 amide bonds. The number of hydrogen-bond donors (Lipinski definition) is 2. The molecule has 38 heavy (non-hydrogen) atoms. The molecule has 0 aliphatic carbocycles. The highest BCUT2D eigenvalue weighted by atomic mass is 19.1. The molecule has 3 aliphatic rings. The van der Waals surface area contributed by atoms with Crippen LogP contribution in [0, 0.1) is 5.82 Å². The normalized spacial score (nSPS) is 28.2. The average Bonchev–Trinajstić information content (AvgIpc) is 3.19. The third kappa shape index (κ3) is 5.31. The number of fused-ring (bicyclic) bond motifs is 1. The Morgan fingerprint density at radius 2 is 1.79 bits per heavy atom. The topological polar surface area (TPSA) is 91.0 Å². The van der Waals surface area contributed by atoms with Gasteiger partial charge in [0, 0.05) is 72.5 Å². The van der Waals surface area contributed by atoms with Gasteiger partial charge in [0.05, 0.1) is 13.9 Å². The second-order valence-corrected chi connectivity index (χ2v) is 11.1. The molecule has 0 spiro atoms. The number of piperidine rings is 1. The number of hydrogen-bond acceptors (Lipinski definition) is 6. The van der Waals surface area contributed by atoms with Crippen molar-refractivity contribution in [3.63, 3.8) is 0 Å². The molecule has 2 aromatic rings. The Morgan fingerprint density at radius 3 is 2.53 bits per heavy atom. The van der Waals surface area contributed by atoms with Gasteiger partial charge in [0.25, 0.3) is 5.91 Å². The van der Waals surface area contributed by atoms with E-state index in [0.717, 1.165) is 4.90 Å². The standard InChI is InChI=1S/C29H35FN4O4/c1-28(2)16-33(17-29(3,4)38-28)14-19-8-5-7-18(25(19)30)13-31-22-10-6-9-20-21(22)15-34(27(20)37)23-11-12-24(35)32-26(23)36/h5-10,23,31H,11-17H2,1-4H3,(H,32,35,36)/i11D2,12D2,13D2. The van der Waals surface area contributed by atoms with Crippen molar-refractivity contribution in [2.24, 2.45) is 0 Å². The van der Waals surface area contributed by atoms with E-state index in [1.165, 1.54) is 24.3 Å². The summed E-state index contributed by atoms with van der Waals surface area (Å²) in [4.78, 5) is 41.0. The molecule has 2 saturated heterocycles. The number of carbonyl (C=O) groups is 3. The van der Waals surface area contributed by atoms with Gasteiger partial charge in [-0.15, -0.1) is 0 Å². The van der Waals surface area contributed by atoms with E-state index in [1.807, 2.05) is 33.0 Å². The number of benzene rings is 2. The third-order valence-corrected chi connectivity index (χ3v) is 6.68. The largest absolute Gasteiger partial charge is 0.381 e. The predicted octanol–water partition coefficient (Wildman–Crippen LogP) is 3.59. The lowest BCUT2D eigenvalue weighted by molar-refractivity contribution is -0.182. The highest BCUT2D eigenvalue weighted by Crippen LogP contribution is 2.33. The van der Waals surface area contributed by atoms with Gasteiger partial charge in [-0.3, -0.25) is 24.6 Å². The van der Waals surface area contributed by atoms with Gasteiger partial charge >= 0.3 is 0 Å². The van der Waals surface area contributed by atoms with Crippen LogP contribution in [0.4, 0.5) is 10.1 Å². The van der Waals surface area contributed by atoms with Crippen LogP contribution in [0.5, 0.6) is 0 Å². The molecule has 5 rings (SSSR count). The zero-order valence-corrected chi connectivity index (χ0v) is 21.8. The van der Waals surface area contributed by atoms with Crippen LogP contribution in [0.25, 0.3) is 0 Å². The second kappa shape index (κ2) is 9.78. The van der Waals surface area contributed by atoms with Crippen LogP contribution in [0.15, 0.2) is 36.4 Å². The number of nitrogens with one attached hydrogen (secondary N) is 2. The number of imide groups is 1. The molecule has 0 radical (unpaired) electrons. The number of nitrogens with zero attached hydrogens (tertiary/aromatic N) is 2. The number of ether oxygens (including phenoxy) is 1. The lowest BCUT2D eigenvalue weighted by atomic mass is 9.98. The lowest BCUT2D eigenvalue weighted by Crippen LogP contribution is -2.56. The van der Waals surface area contributed by atoms with Gasteiger partial charge in [-0.1, -0.05) is 24.3 Å². The number of morpholine rings is 1. The van der Waals surface area contributed by atoms with Gasteiger partial charge in [-0.2, -0.15) is 0 Å². The van der Waals surface area contributed by atoms with E-state index in [1.54, 1.807) is 12.1 Å². The predicted molar refractivity (Wildman–Crippen MR) is 141 cm³/mol. The molecule has 2 aromatic carbocycles. The van der Waals surface area contributed by atoms with Crippen LogP contribution in [-0.4, -0.2) is 57.9 Å². The first-order chi connectivity index (χ1) is 20.2. The molecular weight excluding hydrogens is 487 g/mol. The van der Waals surface area contributed by atoms with Gasteiger partial charge in [0.2, 0.25) is 11.8 Å². The molecule has 2 fully saturated rings. The molecule has 1 unspecified atom stereocenters. The average molecular weight is 529 g/mol. The second-order valence-electron chi connectivity index (χ2n) is 11.1. The maximum absolute atomic E-state index is 15.9. The van der Waals surface area contributed by atoms with Crippen molar-refractivity contribution in [1.82, 2.24) is 15.1 Å².